The maximum Gasteiger partial charge on any atom is 0.103 e. The minimum absolute atomic E-state index is 0.209. The Balaban J connectivity index is 2.65. The lowest BCUT2D eigenvalue weighted by atomic mass is 10.5. The van der Waals surface area contributed by atoms with Gasteiger partial charge in [0.15, 0.2) is 0 Å². The highest BCUT2D eigenvalue weighted by molar-refractivity contribution is 4.94. The second-order valence-corrected chi connectivity index (χ2v) is 2.00. The number of terminal acetylenes is 1. The van der Waals surface area contributed by atoms with Crippen molar-refractivity contribution in [2.75, 3.05) is 0 Å². The number of azide groups is 1. The van der Waals surface area contributed by atoms with Gasteiger partial charge in [0.25, 0.3) is 0 Å². The Kier molecular flexibility index (Phi) is 2.71. The molecule has 6 nitrogen and oxygen atoms in total. The molecule has 0 aliphatic rings. The topological polar surface area (TPSA) is 79.5 Å². The molecular weight excluding hydrogens is 156 g/mol. The molecule has 0 aromatic carbocycles. The third kappa shape index (κ3) is 2.01. The summed E-state index contributed by atoms with van der Waals surface area (Å²) in [6, 6.07) is 0. The van der Waals surface area contributed by atoms with E-state index in [1.54, 1.807) is 6.20 Å². The van der Waals surface area contributed by atoms with E-state index in [4.69, 9.17) is 12.0 Å². The fraction of sp³-hybridized carbons (Fsp3) is 0.333. The quantitative estimate of drug-likeness (QED) is 0.284. The van der Waals surface area contributed by atoms with Crippen molar-refractivity contribution in [3.63, 3.8) is 0 Å². The number of nitrogens with zero attached hydrogens (tertiary/aromatic N) is 6. The molecule has 0 fully saturated rings. The van der Waals surface area contributed by atoms with Gasteiger partial charge in [-0.05, 0) is 5.53 Å². The largest absolute Gasteiger partial charge is 0.240 e. The Morgan fingerprint density at radius 1 is 1.83 bits per heavy atom. The Labute approximate surface area is 68.8 Å². The van der Waals surface area contributed by atoms with Crippen molar-refractivity contribution < 1.29 is 0 Å². The highest BCUT2D eigenvalue weighted by atomic mass is 15.4. The molecule has 0 amide bonds. The summed E-state index contributed by atoms with van der Waals surface area (Å²) in [4.78, 5) is 2.59. The smallest absolute Gasteiger partial charge is 0.103 e. The second-order valence-electron chi connectivity index (χ2n) is 2.00. The molecule has 1 aromatic heterocycles. The molecule has 1 aromatic rings. The molecule has 0 aliphatic carbocycles. The van der Waals surface area contributed by atoms with Gasteiger partial charge in [0.2, 0.25) is 0 Å². The van der Waals surface area contributed by atoms with E-state index < -0.39 is 0 Å². The van der Waals surface area contributed by atoms with Crippen molar-refractivity contribution in [1.29, 1.82) is 0 Å². The molecule has 0 spiro atoms. The molecule has 0 N–H and O–H groups in total. The van der Waals surface area contributed by atoms with Crippen LogP contribution in [0.5, 0.6) is 0 Å². The zero-order chi connectivity index (χ0) is 8.81. The summed E-state index contributed by atoms with van der Waals surface area (Å²) >= 11 is 0. The molecule has 0 saturated heterocycles. The van der Waals surface area contributed by atoms with Crippen LogP contribution < -0.4 is 0 Å². The van der Waals surface area contributed by atoms with E-state index in [1.165, 1.54) is 4.68 Å². The van der Waals surface area contributed by atoms with E-state index in [-0.39, 0.29) is 6.54 Å². The van der Waals surface area contributed by atoms with Gasteiger partial charge in [-0.2, -0.15) is 0 Å². The standard InChI is InChI=1S/C6H6N6/c1-2-3-12-5-6(9-11-12)4-8-10-7/h1,5H,3-4H2. The van der Waals surface area contributed by atoms with Gasteiger partial charge in [0, 0.05) is 11.1 Å². The number of aromatic nitrogens is 3. The van der Waals surface area contributed by atoms with Gasteiger partial charge in [-0.25, -0.2) is 4.68 Å². The first kappa shape index (κ1) is 8.11. The van der Waals surface area contributed by atoms with Gasteiger partial charge in [-0.1, -0.05) is 16.2 Å². The van der Waals surface area contributed by atoms with Crippen LogP contribution in [0.15, 0.2) is 11.3 Å². The summed E-state index contributed by atoms with van der Waals surface area (Å²) in [5.41, 5.74) is 8.62. The van der Waals surface area contributed by atoms with Gasteiger partial charge < -0.3 is 0 Å². The van der Waals surface area contributed by atoms with Crippen LogP contribution in [0.3, 0.4) is 0 Å². The van der Waals surface area contributed by atoms with Crippen molar-refractivity contribution in [2.45, 2.75) is 13.1 Å². The molecule has 1 rings (SSSR count). The van der Waals surface area contributed by atoms with Crippen molar-refractivity contribution in [1.82, 2.24) is 15.0 Å². The molecule has 60 valence electrons. The first-order valence-electron chi connectivity index (χ1n) is 3.20. The maximum absolute atomic E-state index is 8.01. The summed E-state index contributed by atoms with van der Waals surface area (Å²) in [6.07, 6.45) is 6.70. The zero-order valence-corrected chi connectivity index (χ0v) is 6.25. The van der Waals surface area contributed by atoms with E-state index in [0.717, 1.165) is 0 Å². The van der Waals surface area contributed by atoms with Crippen molar-refractivity contribution in [2.24, 2.45) is 5.11 Å². The maximum atomic E-state index is 8.01. The molecule has 6 heteroatoms. The zero-order valence-electron chi connectivity index (χ0n) is 6.25. The molecule has 0 unspecified atom stereocenters. The van der Waals surface area contributed by atoms with Crippen LogP contribution >= 0.6 is 0 Å². The van der Waals surface area contributed by atoms with Crippen LogP contribution in [-0.4, -0.2) is 15.0 Å². The van der Waals surface area contributed by atoms with Crippen molar-refractivity contribution in [3.05, 3.63) is 22.3 Å². The number of hydrogen-bond donors (Lipinski definition) is 0. The SMILES string of the molecule is C#CCn1cc(CN=[N+]=[N-])nn1. The first-order valence-corrected chi connectivity index (χ1v) is 3.20. The average Bonchev–Trinajstić information content (AvgIpc) is 2.50. The van der Waals surface area contributed by atoms with E-state index >= 15 is 0 Å². The van der Waals surface area contributed by atoms with E-state index in [9.17, 15) is 0 Å². The Morgan fingerprint density at radius 2 is 2.67 bits per heavy atom. The van der Waals surface area contributed by atoms with E-state index in [0.29, 0.717) is 12.2 Å². The van der Waals surface area contributed by atoms with Gasteiger partial charge in [-0.3, -0.25) is 0 Å². The van der Waals surface area contributed by atoms with Gasteiger partial charge in [0.05, 0.1) is 12.2 Å². The average molecular weight is 162 g/mol. The minimum Gasteiger partial charge on any atom is -0.240 e. The lowest BCUT2D eigenvalue weighted by Gasteiger charge is -1.86. The summed E-state index contributed by atoms with van der Waals surface area (Å²) in [5, 5.41) is 10.8. The van der Waals surface area contributed by atoms with Gasteiger partial charge in [0.1, 0.15) is 6.54 Å². The van der Waals surface area contributed by atoms with Crippen LogP contribution in [0.1, 0.15) is 5.69 Å². The molecule has 0 radical (unpaired) electrons. The summed E-state index contributed by atoms with van der Waals surface area (Å²) < 4.78 is 1.50. The van der Waals surface area contributed by atoms with E-state index in [2.05, 4.69) is 26.3 Å². The molecular formula is C6H6N6. The molecule has 0 saturated carbocycles. The summed E-state index contributed by atoms with van der Waals surface area (Å²) in [6.45, 7) is 0.588. The Morgan fingerprint density at radius 3 is 3.33 bits per heavy atom. The Hall–Kier alpha value is -1.99. The van der Waals surface area contributed by atoms with Crippen LogP contribution in [0.4, 0.5) is 0 Å². The lowest BCUT2D eigenvalue weighted by molar-refractivity contribution is 0.672. The third-order valence-electron chi connectivity index (χ3n) is 1.14. The fourth-order valence-corrected chi connectivity index (χ4v) is 0.686. The first-order chi connectivity index (χ1) is 5.86. The van der Waals surface area contributed by atoms with E-state index in [1.807, 2.05) is 0 Å². The van der Waals surface area contributed by atoms with Crippen molar-refractivity contribution in [3.8, 4) is 12.3 Å². The molecule has 0 atom stereocenters. The van der Waals surface area contributed by atoms with Crippen molar-refractivity contribution >= 4 is 0 Å². The number of rotatable bonds is 3. The minimum atomic E-state index is 0.209. The summed E-state index contributed by atoms with van der Waals surface area (Å²) in [7, 11) is 0. The summed E-state index contributed by atoms with van der Waals surface area (Å²) in [5.74, 6) is 2.41. The fourth-order valence-electron chi connectivity index (χ4n) is 0.686. The lowest BCUT2D eigenvalue weighted by Crippen LogP contribution is -1.94. The van der Waals surface area contributed by atoms with Crippen LogP contribution in [0, 0.1) is 12.3 Å². The Bertz CT molecular complexity index is 339. The van der Waals surface area contributed by atoms with Crippen LogP contribution in [0.25, 0.3) is 10.4 Å². The monoisotopic (exact) mass is 162 g/mol. The number of hydrogen-bond acceptors (Lipinski definition) is 3. The highest BCUT2D eigenvalue weighted by Gasteiger charge is 1.96. The predicted octanol–water partition coefficient (Wildman–Crippen LogP) is 0.722. The molecule has 0 bridgehead atoms. The predicted molar refractivity (Wildman–Crippen MR) is 41.7 cm³/mol. The van der Waals surface area contributed by atoms with Gasteiger partial charge >= 0.3 is 0 Å². The van der Waals surface area contributed by atoms with Crippen LogP contribution in [-0.2, 0) is 13.1 Å². The second kappa shape index (κ2) is 4.01. The molecule has 0 aliphatic heterocycles. The van der Waals surface area contributed by atoms with Crippen LogP contribution in [0.2, 0.25) is 0 Å². The highest BCUT2D eigenvalue weighted by Crippen LogP contribution is 1.94. The van der Waals surface area contributed by atoms with Gasteiger partial charge in [-0.15, -0.1) is 11.5 Å². The normalized spacial score (nSPS) is 8.58. The molecule has 12 heavy (non-hydrogen) atoms. The third-order valence-corrected chi connectivity index (χ3v) is 1.14. The molecule has 1 heterocycles.